The zero-order valence-corrected chi connectivity index (χ0v) is 17.6. The molecule has 9 heteroatoms. The monoisotopic (exact) mass is 465 g/mol. The molecule has 1 aliphatic rings. The summed E-state index contributed by atoms with van der Waals surface area (Å²) >= 11 is 5.88. The molecule has 0 spiro atoms. The number of carbonyl (C=O) groups is 1. The SMILES string of the molecule is O=C(N[C@H]1CC[C@@H](Nc2cc(C(F)(F)F)nc3ccccc23)CC1)c1cccc(F)c1Cl. The van der Waals surface area contributed by atoms with Gasteiger partial charge in [-0.2, -0.15) is 13.2 Å². The molecule has 0 unspecified atom stereocenters. The Morgan fingerprint density at radius 3 is 2.41 bits per heavy atom. The topological polar surface area (TPSA) is 54.0 Å². The molecule has 168 valence electrons. The highest BCUT2D eigenvalue weighted by Crippen LogP contribution is 2.34. The Labute approximate surface area is 187 Å². The molecule has 1 amide bonds. The van der Waals surface area contributed by atoms with E-state index in [9.17, 15) is 22.4 Å². The number of pyridine rings is 1. The van der Waals surface area contributed by atoms with Crippen LogP contribution in [0.1, 0.15) is 41.7 Å². The Hall–Kier alpha value is -2.87. The average Bonchev–Trinajstić information content (AvgIpc) is 2.76. The maximum Gasteiger partial charge on any atom is 0.433 e. The van der Waals surface area contributed by atoms with Gasteiger partial charge in [-0.1, -0.05) is 35.9 Å². The minimum absolute atomic E-state index is 0.0483. The summed E-state index contributed by atoms with van der Waals surface area (Å²) in [6, 6.07) is 11.6. The smallest absolute Gasteiger partial charge is 0.382 e. The Kier molecular flexibility index (Phi) is 6.24. The molecule has 4 rings (SSSR count). The zero-order valence-electron chi connectivity index (χ0n) is 16.8. The first kappa shape index (κ1) is 22.3. The number of fused-ring (bicyclic) bond motifs is 1. The van der Waals surface area contributed by atoms with Crippen molar-refractivity contribution in [3.8, 4) is 0 Å². The van der Waals surface area contributed by atoms with Gasteiger partial charge in [0.25, 0.3) is 5.91 Å². The van der Waals surface area contributed by atoms with Crippen molar-refractivity contribution in [1.29, 1.82) is 0 Å². The van der Waals surface area contributed by atoms with Crippen molar-refractivity contribution in [2.45, 2.75) is 43.9 Å². The lowest BCUT2D eigenvalue weighted by atomic mass is 9.90. The highest BCUT2D eigenvalue weighted by Gasteiger charge is 2.34. The molecule has 0 bridgehead atoms. The van der Waals surface area contributed by atoms with E-state index in [0.717, 1.165) is 6.07 Å². The fraction of sp³-hybridized carbons (Fsp3) is 0.304. The summed E-state index contributed by atoms with van der Waals surface area (Å²) in [4.78, 5) is 16.2. The fourth-order valence-electron chi connectivity index (χ4n) is 3.98. The third-order valence-corrected chi connectivity index (χ3v) is 6.01. The summed E-state index contributed by atoms with van der Waals surface area (Å²) in [5.41, 5.74) is -0.193. The Balaban J connectivity index is 1.43. The molecule has 1 aliphatic carbocycles. The number of halogens is 5. The van der Waals surface area contributed by atoms with Crippen LogP contribution >= 0.6 is 11.6 Å². The molecule has 3 aromatic rings. The van der Waals surface area contributed by atoms with Gasteiger partial charge in [-0.25, -0.2) is 9.37 Å². The molecule has 1 aromatic heterocycles. The summed E-state index contributed by atoms with van der Waals surface area (Å²) < 4.78 is 53.4. The van der Waals surface area contributed by atoms with Crippen molar-refractivity contribution in [1.82, 2.24) is 10.3 Å². The molecular formula is C23H20ClF4N3O. The van der Waals surface area contributed by atoms with Crippen LogP contribution in [0.15, 0.2) is 48.5 Å². The Bertz CT molecular complexity index is 1140. The van der Waals surface area contributed by atoms with Crippen molar-refractivity contribution in [2.75, 3.05) is 5.32 Å². The summed E-state index contributed by atoms with van der Waals surface area (Å²) in [6.45, 7) is 0. The first-order chi connectivity index (χ1) is 15.2. The van der Waals surface area contributed by atoms with Crippen LogP contribution in [0, 0.1) is 5.82 Å². The predicted octanol–water partition coefficient (Wildman–Crippen LogP) is 6.20. The van der Waals surface area contributed by atoms with E-state index >= 15 is 0 Å². The van der Waals surface area contributed by atoms with E-state index in [1.54, 1.807) is 24.3 Å². The van der Waals surface area contributed by atoms with E-state index in [-0.39, 0.29) is 28.2 Å². The highest BCUT2D eigenvalue weighted by molar-refractivity contribution is 6.34. The van der Waals surface area contributed by atoms with Crippen LogP contribution in [0.2, 0.25) is 5.02 Å². The summed E-state index contributed by atoms with van der Waals surface area (Å²) in [5, 5.41) is 6.51. The van der Waals surface area contributed by atoms with E-state index < -0.39 is 23.6 Å². The second-order valence-corrected chi connectivity index (χ2v) is 8.22. The zero-order chi connectivity index (χ0) is 22.9. The molecule has 0 saturated heterocycles. The van der Waals surface area contributed by atoms with Gasteiger partial charge in [0.1, 0.15) is 11.5 Å². The second kappa shape index (κ2) is 8.94. The van der Waals surface area contributed by atoms with Crippen molar-refractivity contribution < 1.29 is 22.4 Å². The first-order valence-electron chi connectivity index (χ1n) is 10.2. The summed E-state index contributed by atoms with van der Waals surface area (Å²) in [7, 11) is 0. The van der Waals surface area contributed by atoms with Crippen molar-refractivity contribution in [2.24, 2.45) is 0 Å². The van der Waals surface area contributed by atoms with Crippen LogP contribution < -0.4 is 10.6 Å². The van der Waals surface area contributed by atoms with E-state index in [4.69, 9.17) is 11.6 Å². The number of carbonyl (C=O) groups excluding carboxylic acids is 1. The minimum Gasteiger partial charge on any atom is -0.382 e. The standard InChI is InChI=1S/C23H20ClF4N3O/c24-21-16(5-3-6-17(21)25)22(32)30-14-10-8-13(9-11-14)29-19-12-20(23(26,27)28)31-18-7-2-1-4-15(18)19/h1-7,12-14H,8-11H2,(H,29,31)(H,30,32)/t13-,14+. The van der Waals surface area contributed by atoms with Gasteiger partial charge < -0.3 is 10.6 Å². The van der Waals surface area contributed by atoms with Crippen LogP contribution in [0.5, 0.6) is 0 Å². The second-order valence-electron chi connectivity index (χ2n) is 7.84. The number of para-hydroxylation sites is 1. The first-order valence-corrected chi connectivity index (χ1v) is 10.6. The number of nitrogens with one attached hydrogen (secondary N) is 2. The van der Waals surface area contributed by atoms with Gasteiger partial charge in [0, 0.05) is 23.2 Å². The molecule has 32 heavy (non-hydrogen) atoms. The van der Waals surface area contributed by atoms with Crippen LogP contribution in [0.4, 0.5) is 23.2 Å². The fourth-order valence-corrected chi connectivity index (χ4v) is 4.20. The molecule has 4 nitrogen and oxygen atoms in total. The van der Waals surface area contributed by atoms with E-state index in [1.807, 2.05) is 0 Å². The Morgan fingerprint density at radius 1 is 1.00 bits per heavy atom. The van der Waals surface area contributed by atoms with Gasteiger partial charge in [0.15, 0.2) is 0 Å². The van der Waals surface area contributed by atoms with Gasteiger partial charge >= 0.3 is 6.18 Å². The molecule has 0 aliphatic heterocycles. The molecule has 0 radical (unpaired) electrons. The van der Waals surface area contributed by atoms with Gasteiger partial charge in [0.05, 0.1) is 16.1 Å². The summed E-state index contributed by atoms with van der Waals surface area (Å²) in [5.74, 6) is -1.10. The van der Waals surface area contributed by atoms with Crippen molar-refractivity contribution >= 4 is 34.1 Å². The van der Waals surface area contributed by atoms with Crippen molar-refractivity contribution in [3.05, 3.63) is 70.6 Å². The quantitative estimate of drug-likeness (QED) is 0.451. The lowest BCUT2D eigenvalue weighted by molar-refractivity contribution is -0.140. The number of alkyl halides is 3. The van der Waals surface area contributed by atoms with Crippen LogP contribution in [-0.4, -0.2) is 23.0 Å². The number of benzene rings is 2. The third-order valence-electron chi connectivity index (χ3n) is 5.62. The van der Waals surface area contributed by atoms with Crippen LogP contribution in [-0.2, 0) is 6.18 Å². The van der Waals surface area contributed by atoms with E-state index in [0.29, 0.717) is 36.8 Å². The Morgan fingerprint density at radius 2 is 1.69 bits per heavy atom. The number of nitrogens with zero attached hydrogens (tertiary/aromatic N) is 1. The number of amides is 1. The molecule has 1 heterocycles. The van der Waals surface area contributed by atoms with E-state index in [2.05, 4.69) is 15.6 Å². The normalized spacial score (nSPS) is 19.0. The molecule has 2 N–H and O–H groups in total. The van der Waals surface area contributed by atoms with Crippen molar-refractivity contribution in [3.63, 3.8) is 0 Å². The predicted molar refractivity (Wildman–Crippen MR) is 115 cm³/mol. The lowest BCUT2D eigenvalue weighted by Crippen LogP contribution is -2.40. The van der Waals surface area contributed by atoms with Gasteiger partial charge in [-0.05, 0) is 49.9 Å². The van der Waals surface area contributed by atoms with Gasteiger partial charge in [-0.3, -0.25) is 4.79 Å². The molecule has 1 fully saturated rings. The molecular weight excluding hydrogens is 446 g/mol. The largest absolute Gasteiger partial charge is 0.433 e. The third kappa shape index (κ3) is 4.80. The molecule has 1 saturated carbocycles. The highest BCUT2D eigenvalue weighted by atomic mass is 35.5. The number of aromatic nitrogens is 1. The molecule has 2 aromatic carbocycles. The van der Waals surface area contributed by atoms with E-state index in [1.165, 1.54) is 18.2 Å². The molecule has 0 atom stereocenters. The number of hydrogen-bond donors (Lipinski definition) is 2. The maximum atomic E-state index is 13.6. The maximum absolute atomic E-state index is 13.6. The summed E-state index contributed by atoms with van der Waals surface area (Å²) in [6.07, 6.45) is -1.97. The van der Waals surface area contributed by atoms with Gasteiger partial charge in [0.2, 0.25) is 0 Å². The number of hydrogen-bond acceptors (Lipinski definition) is 3. The average molecular weight is 466 g/mol. The number of rotatable bonds is 4. The number of anilines is 1. The van der Waals surface area contributed by atoms with Gasteiger partial charge in [-0.15, -0.1) is 0 Å². The lowest BCUT2D eigenvalue weighted by Gasteiger charge is -2.31. The minimum atomic E-state index is -4.54. The van der Waals surface area contributed by atoms with Crippen LogP contribution in [0.3, 0.4) is 0 Å². The van der Waals surface area contributed by atoms with Crippen LogP contribution in [0.25, 0.3) is 10.9 Å².